The number of carbonyl (C=O) groups excluding carboxylic acids is 1. The molecule has 3 rings (SSSR count). The van der Waals surface area contributed by atoms with E-state index >= 15 is 4.39 Å². The number of alkyl halides is 6. The molecule has 202 valence electrons. The summed E-state index contributed by atoms with van der Waals surface area (Å²) in [5.74, 6) is -5.40. The van der Waals surface area contributed by atoms with E-state index in [2.05, 4.69) is 5.43 Å². The number of para-hydroxylation sites is 1. The highest BCUT2D eigenvalue weighted by Gasteiger charge is 2.41. The molecule has 0 saturated heterocycles. The minimum atomic E-state index is -5.13. The molecule has 0 aliphatic rings. The van der Waals surface area contributed by atoms with Gasteiger partial charge in [-0.2, -0.15) is 26.3 Å². The van der Waals surface area contributed by atoms with Crippen molar-refractivity contribution < 1.29 is 35.5 Å². The molecule has 1 atom stereocenters. The summed E-state index contributed by atoms with van der Waals surface area (Å²) in [4.78, 5) is 12.6. The minimum Gasteiger partial charge on any atom is -0.288 e. The first-order valence-corrected chi connectivity index (χ1v) is 11.6. The van der Waals surface area contributed by atoms with Crippen LogP contribution in [0, 0.1) is 0 Å². The van der Waals surface area contributed by atoms with Gasteiger partial charge in [0.05, 0.1) is 31.9 Å². The van der Waals surface area contributed by atoms with Gasteiger partial charge in [-0.25, -0.2) is 4.39 Å². The lowest BCUT2D eigenvalue weighted by atomic mass is 9.95. The van der Waals surface area contributed by atoms with Crippen molar-refractivity contribution in [2.45, 2.75) is 18.3 Å². The second-order valence-corrected chi connectivity index (χ2v) is 9.12. The zero-order valence-corrected chi connectivity index (χ0v) is 21.3. The molecule has 3 aromatic carbocycles. The van der Waals surface area contributed by atoms with Crippen LogP contribution in [0.15, 0.2) is 66.7 Å². The van der Waals surface area contributed by atoms with Crippen LogP contribution in [0.4, 0.5) is 36.4 Å². The van der Waals surface area contributed by atoms with Crippen LogP contribution >= 0.6 is 34.8 Å². The zero-order valence-electron chi connectivity index (χ0n) is 19.1. The van der Waals surface area contributed by atoms with E-state index in [0.29, 0.717) is 11.8 Å². The fourth-order valence-electron chi connectivity index (χ4n) is 3.43. The van der Waals surface area contributed by atoms with E-state index in [9.17, 15) is 31.1 Å². The lowest BCUT2D eigenvalue weighted by Crippen LogP contribution is -2.40. The Bertz CT molecular complexity index is 1340. The summed E-state index contributed by atoms with van der Waals surface area (Å²) >= 11 is 17.4. The molecule has 0 aliphatic heterocycles. The number of hydrazine groups is 1. The number of benzene rings is 3. The van der Waals surface area contributed by atoms with Crippen LogP contribution in [-0.2, 0) is 6.18 Å². The molecule has 3 aromatic rings. The molecule has 0 aromatic heterocycles. The molecular weight excluding hydrogens is 584 g/mol. The summed E-state index contributed by atoms with van der Waals surface area (Å²) in [5.41, 5.74) is -1.09. The molecule has 0 saturated carbocycles. The van der Waals surface area contributed by atoms with Crippen molar-refractivity contribution in [1.29, 1.82) is 0 Å². The largest absolute Gasteiger partial charge is 0.417 e. The third kappa shape index (κ3) is 6.92. The number of hydrogen-bond donors (Lipinski definition) is 1. The number of halogens is 10. The Morgan fingerprint density at radius 3 is 2.03 bits per heavy atom. The highest BCUT2D eigenvalue weighted by Crippen LogP contribution is 2.42. The Labute approximate surface area is 227 Å². The van der Waals surface area contributed by atoms with Crippen molar-refractivity contribution >= 4 is 52.2 Å². The number of rotatable bonds is 6. The monoisotopic (exact) mass is 598 g/mol. The topological polar surface area (TPSA) is 32.3 Å². The molecule has 13 heteroatoms. The molecule has 0 radical (unpaired) electrons. The second kappa shape index (κ2) is 11.4. The minimum absolute atomic E-state index is 0.0916. The van der Waals surface area contributed by atoms with Gasteiger partial charge in [0.1, 0.15) is 11.7 Å². The van der Waals surface area contributed by atoms with E-state index in [1.165, 1.54) is 12.1 Å². The van der Waals surface area contributed by atoms with E-state index < -0.39 is 52.3 Å². The SMILES string of the molecule is CN(NC(=O)c1ccc(/C(F)=C/C(c2cc(Cl)c(Cl)c(Cl)c2)C(F)(F)F)cc1C(F)(F)F)c1ccccc1. The van der Waals surface area contributed by atoms with Gasteiger partial charge in [-0.05, 0) is 48.0 Å². The maximum Gasteiger partial charge on any atom is 0.417 e. The van der Waals surface area contributed by atoms with Gasteiger partial charge in [0, 0.05) is 12.6 Å². The molecule has 38 heavy (non-hydrogen) atoms. The average molecular weight is 600 g/mol. The average Bonchev–Trinajstić information content (AvgIpc) is 2.84. The van der Waals surface area contributed by atoms with Crippen LogP contribution in [0.3, 0.4) is 0 Å². The van der Waals surface area contributed by atoms with Crippen LogP contribution in [0.5, 0.6) is 0 Å². The Hall–Kier alpha value is -2.95. The highest BCUT2D eigenvalue weighted by atomic mass is 35.5. The Morgan fingerprint density at radius 2 is 1.50 bits per heavy atom. The molecule has 0 fully saturated rings. The number of amides is 1. The Morgan fingerprint density at radius 1 is 0.921 bits per heavy atom. The molecule has 0 spiro atoms. The second-order valence-electron chi connectivity index (χ2n) is 7.93. The molecular formula is C25H16Cl3F7N2O. The van der Waals surface area contributed by atoms with Crippen LogP contribution in [0.1, 0.15) is 33.0 Å². The fraction of sp³-hybridized carbons (Fsp3) is 0.160. The molecule has 1 amide bonds. The van der Waals surface area contributed by atoms with E-state index in [4.69, 9.17) is 34.8 Å². The third-order valence-electron chi connectivity index (χ3n) is 5.29. The molecule has 0 bridgehead atoms. The normalized spacial score (nSPS) is 13.3. The highest BCUT2D eigenvalue weighted by molar-refractivity contribution is 6.48. The van der Waals surface area contributed by atoms with Gasteiger partial charge in [-0.1, -0.05) is 59.1 Å². The van der Waals surface area contributed by atoms with Gasteiger partial charge >= 0.3 is 12.4 Å². The van der Waals surface area contributed by atoms with Crippen molar-refractivity contribution in [2.75, 3.05) is 12.1 Å². The third-order valence-corrected chi connectivity index (χ3v) is 6.49. The molecule has 0 aliphatic carbocycles. The van der Waals surface area contributed by atoms with Gasteiger partial charge in [0.15, 0.2) is 0 Å². The van der Waals surface area contributed by atoms with Gasteiger partial charge in [0.2, 0.25) is 0 Å². The van der Waals surface area contributed by atoms with Crippen molar-refractivity contribution in [3.05, 3.63) is 104 Å². The lowest BCUT2D eigenvalue weighted by molar-refractivity contribution is -0.140. The summed E-state index contributed by atoms with van der Waals surface area (Å²) in [6.45, 7) is 0. The van der Waals surface area contributed by atoms with Crippen molar-refractivity contribution in [3.8, 4) is 0 Å². The fourth-order valence-corrected chi connectivity index (χ4v) is 4.04. The Kier molecular flexibility index (Phi) is 8.90. The predicted octanol–water partition coefficient (Wildman–Crippen LogP) is 9.10. The summed E-state index contributed by atoms with van der Waals surface area (Å²) in [7, 11) is 1.39. The number of allylic oxidation sites excluding steroid dienone is 1. The van der Waals surface area contributed by atoms with Gasteiger partial charge in [-0.15, -0.1) is 0 Å². The summed E-state index contributed by atoms with van der Waals surface area (Å²) < 4.78 is 97.7. The van der Waals surface area contributed by atoms with Crippen molar-refractivity contribution in [1.82, 2.24) is 5.43 Å². The quantitative estimate of drug-likeness (QED) is 0.174. The molecule has 1 N–H and O–H groups in total. The number of nitrogens with one attached hydrogen (secondary N) is 1. The van der Waals surface area contributed by atoms with E-state index in [1.807, 2.05) is 0 Å². The van der Waals surface area contributed by atoms with Crippen molar-refractivity contribution in [2.24, 2.45) is 0 Å². The predicted molar refractivity (Wildman–Crippen MR) is 133 cm³/mol. The first kappa shape index (κ1) is 29.6. The molecule has 0 heterocycles. The summed E-state index contributed by atoms with van der Waals surface area (Å²) in [6, 6.07) is 11.5. The first-order chi connectivity index (χ1) is 17.6. The number of anilines is 1. The standard InChI is InChI=1S/C25H16Cl3F7N2O/c1-37(15-5-3-2-4-6-15)36-23(38)16-8-7-13(9-18(16)25(33,34)35)21(29)12-17(24(30,31)32)14-10-19(26)22(28)20(27)11-14/h2-12,17H,1H3,(H,36,38)/b21-12-. The number of carbonyl (C=O) groups is 1. The zero-order chi connectivity index (χ0) is 28.4. The van der Waals surface area contributed by atoms with E-state index in [1.54, 1.807) is 30.3 Å². The van der Waals surface area contributed by atoms with Crippen molar-refractivity contribution in [3.63, 3.8) is 0 Å². The van der Waals surface area contributed by atoms with Gasteiger partial charge < -0.3 is 0 Å². The van der Waals surface area contributed by atoms with Crippen LogP contribution in [0.2, 0.25) is 15.1 Å². The molecule has 3 nitrogen and oxygen atoms in total. The van der Waals surface area contributed by atoms with Gasteiger partial charge in [-0.3, -0.25) is 15.2 Å². The lowest BCUT2D eigenvalue weighted by Gasteiger charge is -2.22. The maximum atomic E-state index is 15.0. The summed E-state index contributed by atoms with van der Waals surface area (Å²) in [5, 5.41) is 0.302. The van der Waals surface area contributed by atoms with E-state index in [-0.39, 0.29) is 27.2 Å². The molecule has 1 unspecified atom stereocenters. The number of nitrogens with zero attached hydrogens (tertiary/aromatic N) is 1. The van der Waals surface area contributed by atoms with Crippen LogP contribution < -0.4 is 10.4 Å². The van der Waals surface area contributed by atoms with Crippen LogP contribution in [0.25, 0.3) is 5.83 Å². The number of hydrogen-bond acceptors (Lipinski definition) is 2. The van der Waals surface area contributed by atoms with Crippen LogP contribution in [-0.4, -0.2) is 19.1 Å². The van der Waals surface area contributed by atoms with Gasteiger partial charge in [0.25, 0.3) is 5.91 Å². The smallest absolute Gasteiger partial charge is 0.288 e. The van der Waals surface area contributed by atoms with E-state index in [0.717, 1.165) is 18.2 Å². The summed E-state index contributed by atoms with van der Waals surface area (Å²) in [6.07, 6.45) is -10.1. The first-order valence-electron chi connectivity index (χ1n) is 10.5. The Balaban J connectivity index is 2.01. The maximum absolute atomic E-state index is 15.0.